The minimum atomic E-state index is -0.482. The second-order valence-corrected chi connectivity index (χ2v) is 4.51. The Morgan fingerprint density at radius 1 is 1.00 bits per heavy atom. The molecule has 1 N–H and O–H groups in total. The summed E-state index contributed by atoms with van der Waals surface area (Å²) in [6.45, 7) is 0. The normalized spacial score (nSPS) is 11.1. The summed E-state index contributed by atoms with van der Waals surface area (Å²) in [6.07, 6.45) is 5.88. The van der Waals surface area contributed by atoms with E-state index < -0.39 is 4.92 Å². The van der Waals surface area contributed by atoms with Gasteiger partial charge in [0.25, 0.3) is 5.69 Å². The van der Waals surface area contributed by atoms with Crippen molar-refractivity contribution in [3.63, 3.8) is 0 Å². The molecule has 0 aliphatic heterocycles. The molecule has 0 atom stereocenters. The Labute approximate surface area is 127 Å². The van der Waals surface area contributed by atoms with Crippen LogP contribution < -0.4 is 0 Å². The Morgan fingerprint density at radius 2 is 1.64 bits per heavy atom. The van der Waals surface area contributed by atoms with E-state index in [-0.39, 0.29) is 17.2 Å². The van der Waals surface area contributed by atoms with E-state index in [1.165, 1.54) is 42.5 Å². The first-order valence-corrected chi connectivity index (χ1v) is 6.48. The molecule has 0 bridgehead atoms. The number of nitrogens with zero attached hydrogens (tertiary/aromatic N) is 1. The van der Waals surface area contributed by atoms with Crippen LogP contribution in [0, 0.1) is 10.1 Å². The van der Waals surface area contributed by atoms with Crippen LogP contribution >= 0.6 is 0 Å². The Hall–Kier alpha value is -3.21. The molecule has 5 nitrogen and oxygen atoms in total. The topological polar surface area (TPSA) is 80.4 Å². The molecule has 0 fully saturated rings. The fraction of sp³-hybridized carbons (Fsp3) is 0. The smallest absolute Gasteiger partial charge is 0.270 e. The van der Waals surface area contributed by atoms with E-state index in [0.29, 0.717) is 5.56 Å². The molecule has 2 rings (SSSR count). The van der Waals surface area contributed by atoms with Crippen LogP contribution in [0.5, 0.6) is 5.75 Å². The second-order valence-electron chi connectivity index (χ2n) is 4.51. The quantitative estimate of drug-likeness (QED) is 0.519. The summed E-state index contributed by atoms with van der Waals surface area (Å²) in [5.41, 5.74) is 1.35. The highest BCUT2D eigenvalue weighted by molar-refractivity contribution is 6.04. The van der Waals surface area contributed by atoms with Gasteiger partial charge < -0.3 is 5.11 Å². The monoisotopic (exact) mass is 295 g/mol. The third kappa shape index (κ3) is 4.42. The highest BCUT2D eigenvalue weighted by atomic mass is 16.6. The van der Waals surface area contributed by atoms with Crippen LogP contribution in [0.1, 0.15) is 11.1 Å². The van der Waals surface area contributed by atoms with Gasteiger partial charge in [0.2, 0.25) is 0 Å². The maximum atomic E-state index is 11.7. The molecule has 22 heavy (non-hydrogen) atoms. The van der Waals surface area contributed by atoms with Crippen LogP contribution in [-0.4, -0.2) is 15.8 Å². The van der Waals surface area contributed by atoms with Crippen LogP contribution in [0.25, 0.3) is 12.2 Å². The van der Waals surface area contributed by atoms with Gasteiger partial charge in [-0.3, -0.25) is 14.9 Å². The van der Waals surface area contributed by atoms with Gasteiger partial charge in [0.1, 0.15) is 5.75 Å². The molecule has 2 aromatic carbocycles. The predicted molar refractivity (Wildman–Crippen MR) is 84.3 cm³/mol. The van der Waals surface area contributed by atoms with E-state index in [0.717, 1.165) is 5.56 Å². The van der Waals surface area contributed by atoms with Crippen molar-refractivity contribution in [2.75, 3.05) is 0 Å². The third-order valence-electron chi connectivity index (χ3n) is 2.85. The standard InChI is InChI=1S/C17H13NO4/c19-16-8-4-13(5-9-16)6-10-17(20)11-7-14-2-1-3-15(12-14)18(21)22/h1-12,19H. The molecule has 0 spiro atoms. The number of phenolic OH excluding ortho intramolecular Hbond substituents is 1. The van der Waals surface area contributed by atoms with E-state index in [2.05, 4.69) is 0 Å². The molecular weight excluding hydrogens is 282 g/mol. The fourth-order valence-electron chi connectivity index (χ4n) is 1.74. The van der Waals surface area contributed by atoms with Crippen molar-refractivity contribution in [3.05, 3.63) is 81.9 Å². The Balaban J connectivity index is 2.03. The number of nitro groups is 1. The maximum Gasteiger partial charge on any atom is 0.270 e. The first-order chi connectivity index (χ1) is 10.5. The van der Waals surface area contributed by atoms with Gasteiger partial charge in [-0.2, -0.15) is 0 Å². The predicted octanol–water partition coefficient (Wildman–Crippen LogP) is 3.60. The molecule has 0 amide bonds. The van der Waals surface area contributed by atoms with Crippen molar-refractivity contribution in [3.8, 4) is 5.75 Å². The molecule has 0 saturated heterocycles. The highest BCUT2D eigenvalue weighted by Crippen LogP contribution is 2.14. The molecule has 0 aliphatic rings. The van der Waals surface area contributed by atoms with Crippen LogP contribution in [0.2, 0.25) is 0 Å². The zero-order valence-electron chi connectivity index (χ0n) is 11.5. The number of rotatable bonds is 5. The van der Waals surface area contributed by atoms with Crippen LogP contribution in [-0.2, 0) is 4.79 Å². The molecule has 110 valence electrons. The lowest BCUT2D eigenvalue weighted by Crippen LogP contribution is -1.88. The number of benzene rings is 2. The van der Waals surface area contributed by atoms with Gasteiger partial charge in [-0.25, -0.2) is 0 Å². The number of aromatic hydroxyl groups is 1. The lowest BCUT2D eigenvalue weighted by atomic mass is 10.1. The number of carbonyl (C=O) groups is 1. The van der Waals surface area contributed by atoms with Gasteiger partial charge in [0.05, 0.1) is 4.92 Å². The zero-order valence-corrected chi connectivity index (χ0v) is 11.5. The number of carbonyl (C=O) groups excluding carboxylic acids is 1. The van der Waals surface area contributed by atoms with Crippen molar-refractivity contribution >= 4 is 23.6 Å². The molecule has 0 unspecified atom stereocenters. The molecule has 2 aromatic rings. The largest absolute Gasteiger partial charge is 0.508 e. The summed E-state index contributed by atoms with van der Waals surface area (Å²) in [5.74, 6) is -0.0753. The molecular formula is C17H13NO4. The minimum Gasteiger partial charge on any atom is -0.508 e. The van der Waals surface area contributed by atoms with Crippen LogP contribution in [0.15, 0.2) is 60.7 Å². The molecule has 0 saturated carbocycles. The van der Waals surface area contributed by atoms with Gasteiger partial charge in [0.15, 0.2) is 5.78 Å². The number of hydrogen-bond acceptors (Lipinski definition) is 4. The summed E-state index contributed by atoms with van der Waals surface area (Å²) in [4.78, 5) is 21.9. The zero-order chi connectivity index (χ0) is 15.9. The lowest BCUT2D eigenvalue weighted by Gasteiger charge is -1.94. The van der Waals surface area contributed by atoms with E-state index in [1.807, 2.05) is 0 Å². The number of nitro benzene ring substituents is 1. The number of hydrogen-bond donors (Lipinski definition) is 1. The number of phenols is 1. The second kappa shape index (κ2) is 6.99. The summed E-state index contributed by atoms with van der Waals surface area (Å²) < 4.78 is 0. The van der Waals surface area contributed by atoms with Crippen molar-refractivity contribution in [2.45, 2.75) is 0 Å². The van der Waals surface area contributed by atoms with Gasteiger partial charge in [-0.05, 0) is 35.4 Å². The maximum absolute atomic E-state index is 11.7. The van der Waals surface area contributed by atoms with E-state index in [1.54, 1.807) is 30.3 Å². The summed E-state index contributed by atoms with van der Waals surface area (Å²) in [7, 11) is 0. The molecule has 0 radical (unpaired) electrons. The van der Waals surface area contributed by atoms with E-state index in [4.69, 9.17) is 5.11 Å². The van der Waals surface area contributed by atoms with Crippen molar-refractivity contribution in [2.24, 2.45) is 0 Å². The Bertz CT molecular complexity index is 746. The van der Waals surface area contributed by atoms with Gasteiger partial charge in [-0.1, -0.05) is 36.4 Å². The number of allylic oxidation sites excluding steroid dienone is 2. The Kier molecular flexibility index (Phi) is 4.82. The first-order valence-electron chi connectivity index (χ1n) is 6.48. The summed E-state index contributed by atoms with van der Waals surface area (Å²) >= 11 is 0. The molecule has 5 heteroatoms. The first kappa shape index (κ1) is 15.2. The minimum absolute atomic E-state index is 0.0192. The van der Waals surface area contributed by atoms with Crippen LogP contribution in [0.3, 0.4) is 0 Å². The molecule has 0 aliphatic carbocycles. The summed E-state index contributed by atoms with van der Waals surface area (Å²) in [5, 5.41) is 19.8. The third-order valence-corrected chi connectivity index (χ3v) is 2.85. The average Bonchev–Trinajstić information content (AvgIpc) is 2.52. The number of non-ortho nitro benzene ring substituents is 1. The van der Waals surface area contributed by atoms with Crippen molar-refractivity contribution < 1.29 is 14.8 Å². The fourth-order valence-corrected chi connectivity index (χ4v) is 1.74. The van der Waals surface area contributed by atoms with Gasteiger partial charge in [-0.15, -0.1) is 0 Å². The van der Waals surface area contributed by atoms with Gasteiger partial charge >= 0.3 is 0 Å². The van der Waals surface area contributed by atoms with Gasteiger partial charge in [0, 0.05) is 12.1 Å². The SMILES string of the molecule is O=C(C=Cc1ccc(O)cc1)C=Cc1cccc([N+](=O)[O-])c1. The highest BCUT2D eigenvalue weighted by Gasteiger charge is 2.03. The lowest BCUT2D eigenvalue weighted by molar-refractivity contribution is -0.384. The van der Waals surface area contributed by atoms with E-state index >= 15 is 0 Å². The Morgan fingerprint density at radius 3 is 2.27 bits per heavy atom. The van der Waals surface area contributed by atoms with Crippen molar-refractivity contribution in [1.82, 2.24) is 0 Å². The van der Waals surface area contributed by atoms with Crippen molar-refractivity contribution in [1.29, 1.82) is 0 Å². The average molecular weight is 295 g/mol. The molecule has 0 heterocycles. The van der Waals surface area contributed by atoms with Crippen LogP contribution in [0.4, 0.5) is 5.69 Å². The number of ketones is 1. The van der Waals surface area contributed by atoms with E-state index in [9.17, 15) is 14.9 Å². The summed E-state index contributed by atoms with van der Waals surface area (Å²) in [6, 6.07) is 12.5. The molecule has 0 aromatic heterocycles.